The van der Waals surface area contributed by atoms with Gasteiger partial charge in [-0.25, -0.2) is 13.2 Å². The minimum absolute atomic E-state index is 0.199. The molecule has 0 aliphatic heterocycles. The Kier molecular flexibility index (Phi) is 5.01. The molecule has 132 valence electrons. The summed E-state index contributed by atoms with van der Waals surface area (Å²) >= 11 is 3.15. The number of rotatable bonds is 4. The highest BCUT2D eigenvalue weighted by Gasteiger charge is 2.41. The van der Waals surface area contributed by atoms with Crippen molar-refractivity contribution in [2.24, 2.45) is 0 Å². The van der Waals surface area contributed by atoms with Gasteiger partial charge in [-0.3, -0.25) is 4.79 Å². The molecule has 0 saturated carbocycles. The molecule has 1 nitrogen and oxygen atoms in total. The Balaban J connectivity index is 2.38. The van der Waals surface area contributed by atoms with Crippen molar-refractivity contribution in [3.05, 3.63) is 105 Å². The van der Waals surface area contributed by atoms with E-state index >= 15 is 0 Å². The van der Waals surface area contributed by atoms with E-state index in [2.05, 4.69) is 15.9 Å². The lowest BCUT2D eigenvalue weighted by Gasteiger charge is -2.33. The van der Waals surface area contributed by atoms with Gasteiger partial charge < -0.3 is 0 Å². The van der Waals surface area contributed by atoms with Crippen LogP contribution in [0.5, 0.6) is 0 Å². The molecule has 0 fully saturated rings. The van der Waals surface area contributed by atoms with Crippen LogP contribution in [0.4, 0.5) is 13.2 Å². The summed E-state index contributed by atoms with van der Waals surface area (Å²) in [5.74, 6) is -1.60. The summed E-state index contributed by atoms with van der Waals surface area (Å²) in [5, 5.41) is 0. The summed E-state index contributed by atoms with van der Waals surface area (Å²) in [5.41, 5.74) is 0.196. The fourth-order valence-electron chi connectivity index (χ4n) is 3.24. The number of benzene rings is 3. The van der Waals surface area contributed by atoms with Crippen molar-refractivity contribution < 1.29 is 18.0 Å². The smallest absolute Gasteiger partial charge is 0.149 e. The summed E-state index contributed by atoms with van der Waals surface area (Å²) in [6, 6.07) is 15.4. The van der Waals surface area contributed by atoms with Crippen molar-refractivity contribution in [1.29, 1.82) is 0 Å². The zero-order valence-electron chi connectivity index (χ0n) is 13.8. The molecule has 0 atom stereocenters. The summed E-state index contributed by atoms with van der Waals surface area (Å²) in [7, 11) is 0. The van der Waals surface area contributed by atoms with Crippen LogP contribution in [-0.4, -0.2) is 5.78 Å². The van der Waals surface area contributed by atoms with Crippen LogP contribution in [0.3, 0.4) is 0 Å². The highest BCUT2D eigenvalue weighted by Crippen LogP contribution is 2.41. The molecule has 0 aliphatic carbocycles. The topological polar surface area (TPSA) is 17.1 Å². The molecule has 3 aromatic carbocycles. The Morgan fingerprint density at radius 2 is 1.19 bits per heavy atom. The van der Waals surface area contributed by atoms with Crippen LogP contribution in [0.25, 0.3) is 0 Å². The van der Waals surface area contributed by atoms with Crippen molar-refractivity contribution in [1.82, 2.24) is 0 Å². The Morgan fingerprint density at radius 3 is 1.58 bits per heavy atom. The van der Waals surface area contributed by atoms with E-state index in [0.29, 0.717) is 16.7 Å². The lowest BCUT2D eigenvalue weighted by atomic mass is 9.67. The molecular formula is C21H14BrF3O. The number of hydrogen-bond acceptors (Lipinski definition) is 1. The van der Waals surface area contributed by atoms with E-state index in [1.54, 1.807) is 0 Å². The number of Topliss-reactive ketones (excluding diaryl/α,β-unsaturated/α-hetero) is 1. The Morgan fingerprint density at radius 1 is 0.769 bits per heavy atom. The van der Waals surface area contributed by atoms with Gasteiger partial charge in [-0.1, -0.05) is 30.3 Å². The summed E-state index contributed by atoms with van der Waals surface area (Å²) in [6.45, 7) is 1.41. The first-order valence-corrected chi connectivity index (χ1v) is 8.63. The van der Waals surface area contributed by atoms with E-state index in [0.717, 1.165) is 0 Å². The lowest BCUT2D eigenvalue weighted by molar-refractivity contribution is -0.119. The third-order valence-electron chi connectivity index (χ3n) is 4.44. The Labute approximate surface area is 157 Å². The summed E-state index contributed by atoms with van der Waals surface area (Å²) < 4.78 is 40.9. The van der Waals surface area contributed by atoms with Crippen molar-refractivity contribution >= 4 is 21.7 Å². The number of carbonyl (C=O) groups excluding carboxylic acids is 1. The second-order valence-electron chi connectivity index (χ2n) is 5.95. The van der Waals surface area contributed by atoms with Crippen LogP contribution < -0.4 is 0 Å². The Bertz CT molecular complexity index is 904. The highest BCUT2D eigenvalue weighted by atomic mass is 79.9. The maximum Gasteiger partial charge on any atom is 0.149 e. The van der Waals surface area contributed by atoms with Gasteiger partial charge in [-0.15, -0.1) is 0 Å². The van der Waals surface area contributed by atoms with Crippen molar-refractivity contribution in [2.75, 3.05) is 0 Å². The molecule has 0 N–H and O–H groups in total. The number of ketones is 1. The monoisotopic (exact) mass is 418 g/mol. The first-order valence-electron chi connectivity index (χ1n) is 7.84. The van der Waals surface area contributed by atoms with E-state index < -0.39 is 22.9 Å². The van der Waals surface area contributed by atoms with Gasteiger partial charge in [0, 0.05) is 0 Å². The number of carbonyl (C=O) groups is 1. The second-order valence-corrected chi connectivity index (χ2v) is 6.80. The molecule has 0 bridgehead atoms. The van der Waals surface area contributed by atoms with Crippen LogP contribution in [0.15, 0.2) is 71.2 Å². The highest BCUT2D eigenvalue weighted by molar-refractivity contribution is 9.10. The average Bonchev–Trinajstić information content (AvgIpc) is 2.61. The largest absolute Gasteiger partial charge is 0.298 e. The SMILES string of the molecule is CC(=O)C(c1ccc(F)cc1)(c1ccc(F)cc1)c1ccc(F)c(Br)c1. The molecule has 0 unspecified atom stereocenters. The maximum absolute atomic E-state index is 13.8. The fourth-order valence-corrected chi connectivity index (χ4v) is 3.62. The van der Waals surface area contributed by atoms with Gasteiger partial charge in [0.15, 0.2) is 0 Å². The van der Waals surface area contributed by atoms with Gasteiger partial charge >= 0.3 is 0 Å². The summed E-state index contributed by atoms with van der Waals surface area (Å²) in [6.07, 6.45) is 0. The third kappa shape index (κ3) is 3.07. The standard InChI is InChI=1S/C21H14BrF3O/c1-13(26)21(14-2-7-17(23)8-3-14,15-4-9-18(24)10-5-15)16-6-11-20(25)19(22)12-16/h2-12H,1H3. The van der Waals surface area contributed by atoms with Crippen LogP contribution in [-0.2, 0) is 10.2 Å². The van der Waals surface area contributed by atoms with Gasteiger partial charge in [0.1, 0.15) is 28.6 Å². The van der Waals surface area contributed by atoms with E-state index in [4.69, 9.17) is 0 Å². The molecular weight excluding hydrogens is 405 g/mol. The van der Waals surface area contributed by atoms with Crippen LogP contribution >= 0.6 is 15.9 Å². The molecule has 3 aromatic rings. The molecule has 26 heavy (non-hydrogen) atoms. The minimum Gasteiger partial charge on any atom is -0.298 e. The molecule has 0 heterocycles. The number of hydrogen-bond donors (Lipinski definition) is 0. The van der Waals surface area contributed by atoms with Gasteiger partial charge in [0.05, 0.1) is 4.47 Å². The molecule has 0 aliphatic rings. The third-order valence-corrected chi connectivity index (χ3v) is 5.04. The normalized spacial score (nSPS) is 11.4. The van der Waals surface area contributed by atoms with Gasteiger partial charge in [-0.05, 0) is 75.9 Å². The van der Waals surface area contributed by atoms with Gasteiger partial charge in [0.2, 0.25) is 0 Å². The van der Waals surface area contributed by atoms with Crippen molar-refractivity contribution in [3.63, 3.8) is 0 Å². The Hall–Kier alpha value is -2.40. The number of halogens is 4. The first-order chi connectivity index (χ1) is 12.4. The van der Waals surface area contributed by atoms with Crippen LogP contribution in [0, 0.1) is 17.5 Å². The zero-order chi connectivity index (χ0) is 18.9. The predicted octanol–water partition coefficient (Wildman–Crippen LogP) is 5.79. The van der Waals surface area contributed by atoms with E-state index in [1.165, 1.54) is 73.7 Å². The molecule has 0 saturated heterocycles. The maximum atomic E-state index is 13.8. The summed E-state index contributed by atoms with van der Waals surface area (Å²) in [4.78, 5) is 12.9. The van der Waals surface area contributed by atoms with Gasteiger partial charge in [0.25, 0.3) is 0 Å². The quantitative estimate of drug-likeness (QED) is 0.490. The molecule has 5 heteroatoms. The molecule has 0 spiro atoms. The van der Waals surface area contributed by atoms with Crippen LogP contribution in [0.1, 0.15) is 23.6 Å². The van der Waals surface area contributed by atoms with Gasteiger partial charge in [-0.2, -0.15) is 0 Å². The zero-order valence-corrected chi connectivity index (χ0v) is 15.4. The molecule has 0 radical (unpaired) electrons. The molecule has 0 aromatic heterocycles. The van der Waals surface area contributed by atoms with Crippen LogP contribution in [0.2, 0.25) is 0 Å². The predicted molar refractivity (Wildman–Crippen MR) is 97.5 cm³/mol. The molecule has 3 rings (SSSR count). The average molecular weight is 419 g/mol. The fraction of sp³-hybridized carbons (Fsp3) is 0.0952. The van der Waals surface area contributed by atoms with Crippen molar-refractivity contribution in [2.45, 2.75) is 12.3 Å². The van der Waals surface area contributed by atoms with Crippen molar-refractivity contribution in [3.8, 4) is 0 Å². The second kappa shape index (κ2) is 7.08. The first kappa shape index (κ1) is 18.4. The lowest BCUT2D eigenvalue weighted by Crippen LogP contribution is -2.37. The van der Waals surface area contributed by atoms with E-state index in [1.807, 2.05) is 0 Å². The minimum atomic E-state index is -1.32. The van der Waals surface area contributed by atoms with E-state index in [-0.39, 0.29) is 10.3 Å². The van der Waals surface area contributed by atoms with E-state index in [9.17, 15) is 18.0 Å². The molecule has 0 amide bonds.